The predicted molar refractivity (Wildman–Crippen MR) is 100 cm³/mol. The van der Waals surface area contributed by atoms with Crippen LogP contribution < -0.4 is 0 Å². The molecule has 3 aromatic rings. The number of aryl methyl sites for hydroxylation is 2. The summed E-state index contributed by atoms with van der Waals surface area (Å²) < 4.78 is 1.25. The van der Waals surface area contributed by atoms with Gasteiger partial charge < -0.3 is 0 Å². The minimum Gasteiger partial charge on any atom is -0.113 e. The monoisotopic (exact) mass is 406 g/mol. The molecule has 0 fully saturated rings. The molecule has 0 saturated carbocycles. The van der Waals surface area contributed by atoms with Gasteiger partial charge in [0.15, 0.2) is 0 Å². The van der Waals surface area contributed by atoms with Crippen molar-refractivity contribution in [2.75, 3.05) is 0 Å². The molecule has 106 valence electrons. The summed E-state index contributed by atoms with van der Waals surface area (Å²) in [6.07, 6.45) is 0. The first-order valence-electron chi connectivity index (χ1n) is 6.97. The summed E-state index contributed by atoms with van der Waals surface area (Å²) in [7, 11) is 0. The molecule has 0 aliphatic rings. The summed E-state index contributed by atoms with van der Waals surface area (Å²) in [6.45, 7) is 4.27. The van der Waals surface area contributed by atoms with Crippen molar-refractivity contribution < 1.29 is 0 Å². The van der Waals surface area contributed by atoms with E-state index in [2.05, 4.69) is 91.0 Å². The zero-order chi connectivity index (χ0) is 15.0. The van der Waals surface area contributed by atoms with Gasteiger partial charge in [-0.1, -0.05) is 54.6 Å². The minimum absolute atomic E-state index is 0.122. The molecule has 0 nitrogen and oxygen atoms in total. The fourth-order valence-electron chi connectivity index (χ4n) is 2.76. The number of rotatable bonds is 2. The summed E-state index contributed by atoms with van der Waals surface area (Å²) in [4.78, 5) is 0. The predicted octanol–water partition coefficient (Wildman–Crippen LogP) is 6.39. The van der Waals surface area contributed by atoms with Crippen molar-refractivity contribution in [3.05, 3.63) is 80.4 Å². The van der Waals surface area contributed by atoms with Crippen LogP contribution in [-0.4, -0.2) is 0 Å². The maximum Gasteiger partial charge on any atom is 0.0854 e. The Morgan fingerprint density at radius 2 is 1.62 bits per heavy atom. The Morgan fingerprint density at radius 3 is 2.43 bits per heavy atom. The fourth-order valence-corrected chi connectivity index (χ4v) is 4.09. The second-order valence-electron chi connectivity index (χ2n) is 5.36. The molecule has 0 N–H and O–H groups in total. The van der Waals surface area contributed by atoms with E-state index in [1.165, 1.54) is 36.6 Å². The molecule has 0 spiro atoms. The van der Waals surface area contributed by atoms with E-state index in [9.17, 15) is 0 Å². The van der Waals surface area contributed by atoms with Crippen molar-refractivity contribution in [1.82, 2.24) is 0 Å². The lowest BCUT2D eigenvalue weighted by Gasteiger charge is -2.18. The summed E-state index contributed by atoms with van der Waals surface area (Å²) in [5.74, 6) is 0. The van der Waals surface area contributed by atoms with Gasteiger partial charge in [0.1, 0.15) is 0 Å². The Bertz CT molecular complexity index is 808. The Balaban J connectivity index is 2.24. The zero-order valence-corrected chi connectivity index (χ0v) is 14.9. The Kier molecular flexibility index (Phi) is 4.23. The Morgan fingerprint density at radius 1 is 0.857 bits per heavy atom. The van der Waals surface area contributed by atoms with E-state index >= 15 is 0 Å². The molecule has 0 amide bonds. The maximum absolute atomic E-state index is 6.89. The van der Waals surface area contributed by atoms with Gasteiger partial charge in [-0.3, -0.25) is 0 Å². The van der Waals surface area contributed by atoms with Gasteiger partial charge in [-0.15, -0.1) is 11.6 Å². The molecule has 0 saturated heterocycles. The van der Waals surface area contributed by atoms with E-state index in [0.717, 1.165) is 0 Å². The van der Waals surface area contributed by atoms with Crippen LogP contribution in [-0.2, 0) is 0 Å². The van der Waals surface area contributed by atoms with E-state index in [4.69, 9.17) is 11.6 Å². The van der Waals surface area contributed by atoms with Crippen LogP contribution >= 0.6 is 34.2 Å². The van der Waals surface area contributed by atoms with Gasteiger partial charge in [-0.2, -0.15) is 0 Å². The standard InChI is InChI=1S/C19H16ClI/c1-12-10-11-14-7-3-4-8-15(14)17(12)18(20)16-9-5-6-13(2)19(16)21/h3-11,18H,1-2H3. The molecule has 0 aliphatic carbocycles. The molecule has 3 aromatic carbocycles. The van der Waals surface area contributed by atoms with Gasteiger partial charge in [-0.25, -0.2) is 0 Å². The molecule has 21 heavy (non-hydrogen) atoms. The highest BCUT2D eigenvalue weighted by atomic mass is 127. The van der Waals surface area contributed by atoms with Gasteiger partial charge in [0.25, 0.3) is 0 Å². The second kappa shape index (κ2) is 5.98. The van der Waals surface area contributed by atoms with Gasteiger partial charge in [0.05, 0.1) is 5.38 Å². The normalized spacial score (nSPS) is 12.6. The highest BCUT2D eigenvalue weighted by Gasteiger charge is 2.19. The molecule has 3 rings (SSSR count). The van der Waals surface area contributed by atoms with E-state index in [1.54, 1.807) is 0 Å². The lowest BCUT2D eigenvalue weighted by Crippen LogP contribution is -2.01. The van der Waals surface area contributed by atoms with Crippen LogP contribution in [0.2, 0.25) is 0 Å². The number of benzene rings is 3. The minimum atomic E-state index is -0.122. The first kappa shape index (κ1) is 14.9. The quantitative estimate of drug-likeness (QED) is 0.342. The van der Waals surface area contributed by atoms with Crippen LogP contribution in [0.15, 0.2) is 54.6 Å². The average Bonchev–Trinajstić information content (AvgIpc) is 2.49. The summed E-state index contributed by atoms with van der Waals surface area (Å²) in [5.41, 5.74) is 4.93. The van der Waals surface area contributed by atoms with Crippen molar-refractivity contribution in [1.29, 1.82) is 0 Å². The third-order valence-corrected chi connectivity index (χ3v) is 5.86. The van der Waals surface area contributed by atoms with Gasteiger partial charge in [0, 0.05) is 3.57 Å². The summed E-state index contributed by atoms with van der Waals surface area (Å²) >= 11 is 9.29. The third-order valence-electron chi connectivity index (χ3n) is 3.94. The van der Waals surface area contributed by atoms with E-state index in [0.29, 0.717) is 0 Å². The van der Waals surface area contributed by atoms with Gasteiger partial charge >= 0.3 is 0 Å². The van der Waals surface area contributed by atoms with Crippen LogP contribution in [0.4, 0.5) is 0 Å². The molecule has 2 heteroatoms. The molecule has 0 bridgehead atoms. The van der Waals surface area contributed by atoms with Gasteiger partial charge in [-0.05, 0) is 69.5 Å². The Labute approximate surface area is 144 Å². The summed E-state index contributed by atoms with van der Waals surface area (Å²) in [5, 5.41) is 2.36. The van der Waals surface area contributed by atoms with Crippen LogP contribution in [0.1, 0.15) is 27.6 Å². The van der Waals surface area contributed by atoms with Crippen LogP contribution in [0.5, 0.6) is 0 Å². The molecule has 0 heterocycles. The first-order valence-corrected chi connectivity index (χ1v) is 8.48. The smallest absolute Gasteiger partial charge is 0.0854 e. The number of hydrogen-bond donors (Lipinski definition) is 0. The lowest BCUT2D eigenvalue weighted by molar-refractivity contribution is 1.11. The van der Waals surface area contributed by atoms with Crippen molar-refractivity contribution in [3.8, 4) is 0 Å². The van der Waals surface area contributed by atoms with Crippen LogP contribution in [0.3, 0.4) is 0 Å². The fraction of sp³-hybridized carbons (Fsp3) is 0.158. The van der Waals surface area contributed by atoms with Crippen LogP contribution in [0.25, 0.3) is 10.8 Å². The van der Waals surface area contributed by atoms with Crippen LogP contribution in [0, 0.1) is 17.4 Å². The molecule has 1 atom stereocenters. The van der Waals surface area contributed by atoms with Crippen molar-refractivity contribution in [2.45, 2.75) is 19.2 Å². The number of fused-ring (bicyclic) bond motifs is 1. The highest BCUT2D eigenvalue weighted by Crippen LogP contribution is 2.38. The van der Waals surface area contributed by atoms with E-state index in [1.807, 2.05) is 0 Å². The number of hydrogen-bond acceptors (Lipinski definition) is 0. The highest BCUT2D eigenvalue weighted by molar-refractivity contribution is 14.1. The maximum atomic E-state index is 6.89. The topological polar surface area (TPSA) is 0 Å². The van der Waals surface area contributed by atoms with E-state index < -0.39 is 0 Å². The van der Waals surface area contributed by atoms with E-state index in [-0.39, 0.29) is 5.38 Å². The van der Waals surface area contributed by atoms with Crippen molar-refractivity contribution in [3.63, 3.8) is 0 Å². The first-order chi connectivity index (χ1) is 10.1. The average molecular weight is 407 g/mol. The zero-order valence-electron chi connectivity index (χ0n) is 12.0. The summed E-state index contributed by atoms with van der Waals surface area (Å²) in [6, 6.07) is 19.1. The molecule has 1 unspecified atom stereocenters. The second-order valence-corrected chi connectivity index (χ2v) is 6.87. The largest absolute Gasteiger partial charge is 0.113 e. The molecule has 0 radical (unpaired) electrons. The lowest BCUT2D eigenvalue weighted by atomic mass is 9.93. The molecule has 0 aromatic heterocycles. The number of halogens is 2. The molecule has 0 aliphatic heterocycles. The molecular formula is C19H16ClI. The van der Waals surface area contributed by atoms with Crippen molar-refractivity contribution >= 4 is 45.0 Å². The van der Waals surface area contributed by atoms with Gasteiger partial charge in [0.2, 0.25) is 0 Å². The molecular weight excluding hydrogens is 391 g/mol. The third kappa shape index (κ3) is 2.69. The van der Waals surface area contributed by atoms with Crippen molar-refractivity contribution in [2.24, 2.45) is 0 Å². The Hall–Kier alpha value is -1.06. The SMILES string of the molecule is Cc1cccc(C(Cl)c2c(C)ccc3ccccc23)c1I. The number of alkyl halides is 1.